The standard InChI is InChI=1S/C18H22N2O4S/c1-13(14-7-5-4-6-8-14)12-20-25(22,23)15-9-10-17(24-3)16(11-15)18(21)19-2/h4-11,13,20H,12H2,1-3H3,(H,19,21)/t13-/m0/s1. The van der Waals surface area contributed by atoms with Gasteiger partial charge in [0, 0.05) is 13.6 Å². The molecule has 0 aromatic heterocycles. The Labute approximate surface area is 148 Å². The molecule has 2 rings (SSSR count). The average molecular weight is 362 g/mol. The number of sulfonamides is 1. The van der Waals surface area contributed by atoms with E-state index in [0.29, 0.717) is 5.75 Å². The third kappa shape index (κ3) is 4.58. The summed E-state index contributed by atoms with van der Waals surface area (Å²) in [5.74, 6) is -0.0739. The zero-order chi connectivity index (χ0) is 18.4. The highest BCUT2D eigenvalue weighted by Crippen LogP contribution is 2.23. The van der Waals surface area contributed by atoms with Gasteiger partial charge in [-0.1, -0.05) is 37.3 Å². The van der Waals surface area contributed by atoms with Gasteiger partial charge in [-0.3, -0.25) is 4.79 Å². The van der Waals surface area contributed by atoms with E-state index in [1.54, 1.807) is 0 Å². The molecule has 2 aromatic carbocycles. The number of benzene rings is 2. The molecule has 6 nitrogen and oxygen atoms in total. The van der Waals surface area contributed by atoms with Crippen LogP contribution in [0.4, 0.5) is 0 Å². The second-order valence-corrected chi connectivity index (χ2v) is 7.37. The number of amides is 1. The van der Waals surface area contributed by atoms with Crippen LogP contribution in [0.25, 0.3) is 0 Å². The lowest BCUT2D eigenvalue weighted by Gasteiger charge is -2.14. The van der Waals surface area contributed by atoms with E-state index in [0.717, 1.165) is 5.56 Å². The second-order valence-electron chi connectivity index (χ2n) is 5.60. The Bertz CT molecular complexity index is 835. The molecule has 0 spiro atoms. The molecule has 0 unspecified atom stereocenters. The molecule has 134 valence electrons. The minimum Gasteiger partial charge on any atom is -0.496 e. The van der Waals surface area contributed by atoms with E-state index in [1.807, 2.05) is 37.3 Å². The van der Waals surface area contributed by atoms with Gasteiger partial charge in [0.25, 0.3) is 5.91 Å². The van der Waals surface area contributed by atoms with Crippen LogP contribution in [0.1, 0.15) is 28.8 Å². The Morgan fingerprint density at radius 2 is 1.84 bits per heavy atom. The number of rotatable bonds is 7. The summed E-state index contributed by atoms with van der Waals surface area (Å²) in [6.45, 7) is 2.20. The monoisotopic (exact) mass is 362 g/mol. The van der Waals surface area contributed by atoms with Crippen LogP contribution in [0.3, 0.4) is 0 Å². The van der Waals surface area contributed by atoms with Gasteiger partial charge in [-0.05, 0) is 29.7 Å². The van der Waals surface area contributed by atoms with Crippen molar-refractivity contribution in [3.05, 3.63) is 59.7 Å². The molecule has 2 aromatic rings. The molecule has 7 heteroatoms. The van der Waals surface area contributed by atoms with Crippen LogP contribution < -0.4 is 14.8 Å². The third-order valence-electron chi connectivity index (χ3n) is 3.90. The maximum absolute atomic E-state index is 12.5. The summed E-state index contributed by atoms with van der Waals surface area (Å²) in [6.07, 6.45) is 0. The van der Waals surface area contributed by atoms with Crippen LogP contribution in [0.15, 0.2) is 53.4 Å². The van der Waals surface area contributed by atoms with E-state index in [1.165, 1.54) is 32.4 Å². The highest BCUT2D eigenvalue weighted by atomic mass is 32.2. The van der Waals surface area contributed by atoms with E-state index >= 15 is 0 Å². The average Bonchev–Trinajstić information content (AvgIpc) is 2.65. The van der Waals surface area contributed by atoms with E-state index in [4.69, 9.17) is 4.74 Å². The zero-order valence-electron chi connectivity index (χ0n) is 14.4. The molecule has 0 heterocycles. The summed E-state index contributed by atoms with van der Waals surface area (Å²) in [5, 5.41) is 2.47. The van der Waals surface area contributed by atoms with E-state index in [-0.39, 0.29) is 22.9 Å². The van der Waals surface area contributed by atoms with E-state index in [2.05, 4.69) is 10.0 Å². The molecule has 0 bridgehead atoms. The Kier molecular flexibility index (Phi) is 6.17. The first-order chi connectivity index (χ1) is 11.9. The molecule has 0 saturated heterocycles. The van der Waals surface area contributed by atoms with Crippen molar-refractivity contribution in [3.63, 3.8) is 0 Å². The van der Waals surface area contributed by atoms with Crippen molar-refractivity contribution in [1.29, 1.82) is 0 Å². The minimum absolute atomic E-state index is 0.0205. The normalized spacial score (nSPS) is 12.4. The van der Waals surface area contributed by atoms with Crippen LogP contribution in [0.2, 0.25) is 0 Å². The van der Waals surface area contributed by atoms with Crippen LogP contribution in [-0.4, -0.2) is 35.0 Å². The number of nitrogens with one attached hydrogen (secondary N) is 2. The van der Waals surface area contributed by atoms with Gasteiger partial charge in [-0.2, -0.15) is 0 Å². The highest BCUT2D eigenvalue weighted by molar-refractivity contribution is 7.89. The maximum Gasteiger partial charge on any atom is 0.254 e. The van der Waals surface area contributed by atoms with Gasteiger partial charge >= 0.3 is 0 Å². The lowest BCUT2D eigenvalue weighted by Crippen LogP contribution is -2.28. The first kappa shape index (κ1) is 19.0. The van der Waals surface area contributed by atoms with E-state index < -0.39 is 15.9 Å². The van der Waals surface area contributed by atoms with E-state index in [9.17, 15) is 13.2 Å². The summed E-state index contributed by atoms with van der Waals surface area (Å²) < 4.78 is 32.8. The molecule has 2 N–H and O–H groups in total. The lowest BCUT2D eigenvalue weighted by molar-refractivity contribution is 0.0960. The third-order valence-corrected chi connectivity index (χ3v) is 5.32. The molecule has 0 saturated carbocycles. The highest BCUT2D eigenvalue weighted by Gasteiger charge is 2.20. The second kappa shape index (κ2) is 8.13. The van der Waals surface area contributed by atoms with Gasteiger partial charge in [0.2, 0.25) is 10.0 Å². The number of carbonyl (C=O) groups excluding carboxylic acids is 1. The summed E-state index contributed by atoms with van der Waals surface area (Å²) in [6, 6.07) is 13.9. The Morgan fingerprint density at radius 1 is 1.16 bits per heavy atom. The van der Waals surface area contributed by atoms with Crippen molar-refractivity contribution >= 4 is 15.9 Å². The molecular formula is C18H22N2O4S. The van der Waals surface area contributed by atoms with Gasteiger partial charge in [0.1, 0.15) is 5.75 Å². The fourth-order valence-corrected chi connectivity index (χ4v) is 3.54. The molecule has 25 heavy (non-hydrogen) atoms. The van der Waals surface area contributed by atoms with Crippen molar-refractivity contribution in [2.75, 3.05) is 20.7 Å². The van der Waals surface area contributed by atoms with Crippen molar-refractivity contribution in [2.45, 2.75) is 17.7 Å². The largest absolute Gasteiger partial charge is 0.496 e. The fourth-order valence-electron chi connectivity index (χ4n) is 2.38. The first-order valence-electron chi connectivity index (χ1n) is 7.83. The van der Waals surface area contributed by atoms with Crippen molar-refractivity contribution in [2.24, 2.45) is 0 Å². The molecule has 0 radical (unpaired) electrons. The van der Waals surface area contributed by atoms with Gasteiger partial charge in [-0.25, -0.2) is 13.1 Å². The fraction of sp³-hybridized carbons (Fsp3) is 0.278. The quantitative estimate of drug-likeness (QED) is 0.790. The molecule has 1 atom stereocenters. The maximum atomic E-state index is 12.5. The van der Waals surface area contributed by atoms with Crippen molar-refractivity contribution in [3.8, 4) is 5.75 Å². The van der Waals surface area contributed by atoms with Gasteiger partial charge in [0.15, 0.2) is 0 Å². The number of ether oxygens (including phenoxy) is 1. The Balaban J connectivity index is 2.20. The predicted octanol–water partition coefficient (Wildman–Crippen LogP) is 2.14. The molecule has 0 aliphatic heterocycles. The SMILES string of the molecule is CNC(=O)c1cc(S(=O)(=O)NC[C@H](C)c2ccccc2)ccc1OC. The minimum atomic E-state index is -3.74. The summed E-state index contributed by atoms with van der Waals surface area (Å²) in [4.78, 5) is 11.9. The smallest absolute Gasteiger partial charge is 0.254 e. The van der Waals surface area contributed by atoms with Gasteiger partial charge in [-0.15, -0.1) is 0 Å². The molecule has 0 aliphatic carbocycles. The van der Waals surface area contributed by atoms with Crippen molar-refractivity contribution in [1.82, 2.24) is 10.0 Å². The van der Waals surface area contributed by atoms with Crippen LogP contribution >= 0.6 is 0 Å². The number of hydrogen-bond donors (Lipinski definition) is 2. The summed E-state index contributed by atoms with van der Waals surface area (Å²) >= 11 is 0. The predicted molar refractivity (Wildman–Crippen MR) is 96.4 cm³/mol. The molecule has 0 aliphatic rings. The zero-order valence-corrected chi connectivity index (χ0v) is 15.3. The van der Waals surface area contributed by atoms with Crippen molar-refractivity contribution < 1.29 is 17.9 Å². The van der Waals surface area contributed by atoms with Crippen LogP contribution in [-0.2, 0) is 10.0 Å². The Hall–Kier alpha value is -2.38. The van der Waals surface area contributed by atoms with Gasteiger partial charge < -0.3 is 10.1 Å². The molecular weight excluding hydrogens is 340 g/mol. The lowest BCUT2D eigenvalue weighted by atomic mass is 10.0. The summed E-state index contributed by atoms with van der Waals surface area (Å²) in [5.41, 5.74) is 1.22. The van der Waals surface area contributed by atoms with Crippen LogP contribution in [0.5, 0.6) is 5.75 Å². The molecule has 0 fully saturated rings. The topological polar surface area (TPSA) is 84.5 Å². The van der Waals surface area contributed by atoms with Gasteiger partial charge in [0.05, 0.1) is 17.6 Å². The first-order valence-corrected chi connectivity index (χ1v) is 9.32. The van der Waals surface area contributed by atoms with Crippen LogP contribution in [0, 0.1) is 0 Å². The Morgan fingerprint density at radius 3 is 2.44 bits per heavy atom. The summed E-state index contributed by atoms with van der Waals surface area (Å²) in [7, 11) is -0.837. The number of methoxy groups -OCH3 is 1. The number of hydrogen-bond acceptors (Lipinski definition) is 4. The number of carbonyl (C=O) groups is 1. The molecule has 1 amide bonds.